The van der Waals surface area contributed by atoms with Crippen molar-refractivity contribution in [1.29, 1.82) is 0 Å². The molecule has 0 aliphatic heterocycles. The molecule has 2 N–H and O–H groups in total. The quantitative estimate of drug-likeness (QED) is 0.342. The molecule has 0 amide bonds. The molecule has 0 atom stereocenters. The van der Waals surface area contributed by atoms with Crippen LogP contribution >= 0.6 is 12.2 Å². The minimum atomic E-state index is 0. The van der Waals surface area contributed by atoms with E-state index in [1.165, 1.54) is 32.1 Å². The van der Waals surface area contributed by atoms with Crippen molar-refractivity contribution in [2.45, 2.75) is 45.1 Å². The van der Waals surface area contributed by atoms with E-state index in [-0.39, 0.29) is 35.0 Å². The largest absolute Gasteiger partial charge is 1.00 e. The third-order valence-corrected chi connectivity index (χ3v) is 3.06. The first-order chi connectivity index (χ1) is 5.75. The zero-order valence-corrected chi connectivity index (χ0v) is 12.7. The van der Waals surface area contributed by atoms with E-state index in [1.807, 2.05) is 0 Å². The number of hydrogen-bond donors (Lipinski definition) is 0. The van der Waals surface area contributed by atoms with Gasteiger partial charge in [-0.1, -0.05) is 23.6 Å². The minimum Gasteiger partial charge on any atom is -0.412 e. The fourth-order valence-electron chi connectivity index (χ4n) is 1.93. The van der Waals surface area contributed by atoms with E-state index in [2.05, 4.69) is 11.8 Å². The molecule has 0 heterocycles. The van der Waals surface area contributed by atoms with Crippen molar-refractivity contribution in [3.8, 4) is 0 Å². The summed E-state index contributed by atoms with van der Waals surface area (Å²) in [5, 5.41) is 0. The van der Waals surface area contributed by atoms with E-state index >= 15 is 0 Å². The molecule has 0 spiro atoms. The second kappa shape index (κ2) is 9.31. The summed E-state index contributed by atoms with van der Waals surface area (Å²) < 4.78 is 0.657. The first-order valence-corrected chi connectivity index (χ1v) is 5.55. The molecule has 1 aliphatic carbocycles. The van der Waals surface area contributed by atoms with Crippen molar-refractivity contribution in [1.82, 2.24) is 4.90 Å². The minimum absolute atomic E-state index is 0. The average molecular weight is 243 g/mol. The van der Waals surface area contributed by atoms with E-state index in [1.54, 1.807) is 0 Å². The van der Waals surface area contributed by atoms with Gasteiger partial charge in [0.15, 0.2) is 0 Å². The fourth-order valence-corrected chi connectivity index (χ4v) is 2.49. The van der Waals surface area contributed by atoms with Gasteiger partial charge >= 0.3 is 29.6 Å². The molecule has 0 saturated heterocycles. The van der Waals surface area contributed by atoms with Gasteiger partial charge in [-0.2, -0.15) is 0 Å². The summed E-state index contributed by atoms with van der Waals surface area (Å²) in [6.45, 7) is 3.11. The number of rotatable bonds is 2. The van der Waals surface area contributed by atoms with E-state index in [9.17, 15) is 0 Å². The Bertz CT molecular complexity index is 163. The molecule has 0 bridgehead atoms. The fraction of sp³-hybridized carbons (Fsp3) is 0.889. The number of nitrogens with zero attached hydrogens (tertiary/aromatic N) is 1. The Morgan fingerprint density at radius 3 is 2.21 bits per heavy atom. The molecule has 0 radical (unpaired) electrons. The smallest absolute Gasteiger partial charge is 0.412 e. The monoisotopic (exact) mass is 243 g/mol. The van der Waals surface area contributed by atoms with Gasteiger partial charge in [0.1, 0.15) is 0 Å². The number of hydrogen-bond acceptors (Lipinski definition) is 2. The molecular weight excluding hydrogens is 225 g/mol. The SMILES string of the molecule is CCN(C(=S)[S-])C1CCCCC1.O.[Na+]. The molecule has 0 unspecified atom stereocenters. The average Bonchev–Trinajstić information content (AvgIpc) is 2.07. The molecule has 2 nitrogen and oxygen atoms in total. The van der Waals surface area contributed by atoms with Crippen molar-refractivity contribution < 1.29 is 35.0 Å². The predicted octanol–water partition coefficient (Wildman–Crippen LogP) is -1.35. The Morgan fingerprint density at radius 2 is 1.86 bits per heavy atom. The third kappa shape index (κ3) is 5.24. The molecule has 78 valence electrons. The molecular formula is C9H18NNaOS2. The summed E-state index contributed by atoms with van der Waals surface area (Å²) in [6, 6.07) is 0.647. The normalized spacial score (nSPS) is 16.4. The van der Waals surface area contributed by atoms with E-state index in [0.717, 1.165) is 6.54 Å². The van der Waals surface area contributed by atoms with E-state index < -0.39 is 0 Å². The van der Waals surface area contributed by atoms with Crippen molar-refractivity contribution in [2.24, 2.45) is 0 Å². The van der Waals surface area contributed by atoms with Gasteiger partial charge < -0.3 is 35.2 Å². The van der Waals surface area contributed by atoms with Gasteiger partial charge in [-0.05, 0) is 19.8 Å². The zero-order chi connectivity index (χ0) is 8.97. The summed E-state index contributed by atoms with van der Waals surface area (Å²) in [5.41, 5.74) is 0. The summed E-state index contributed by atoms with van der Waals surface area (Å²) in [7, 11) is 0. The molecule has 1 rings (SSSR count). The summed E-state index contributed by atoms with van der Waals surface area (Å²) in [4.78, 5) is 2.20. The second-order valence-corrected chi connectivity index (χ2v) is 4.38. The Balaban J connectivity index is 0. The van der Waals surface area contributed by atoms with Crippen LogP contribution in [0.2, 0.25) is 0 Å². The first-order valence-electron chi connectivity index (χ1n) is 4.73. The molecule has 1 aliphatic rings. The molecule has 1 fully saturated rings. The number of thiocarbonyl (C=S) groups is 1. The summed E-state index contributed by atoms with van der Waals surface area (Å²) in [5.74, 6) is 0. The Morgan fingerprint density at radius 1 is 1.36 bits per heavy atom. The van der Waals surface area contributed by atoms with Crippen LogP contribution in [-0.2, 0) is 12.6 Å². The topological polar surface area (TPSA) is 34.7 Å². The van der Waals surface area contributed by atoms with Crippen LogP contribution < -0.4 is 29.6 Å². The molecule has 14 heavy (non-hydrogen) atoms. The Kier molecular flexibility index (Phi) is 11.6. The van der Waals surface area contributed by atoms with Crippen LogP contribution in [0.3, 0.4) is 0 Å². The van der Waals surface area contributed by atoms with Gasteiger partial charge in [0.05, 0.1) is 0 Å². The summed E-state index contributed by atoms with van der Waals surface area (Å²) in [6.07, 6.45) is 6.64. The maximum absolute atomic E-state index is 5.04. The van der Waals surface area contributed by atoms with Crippen LogP contribution in [0.5, 0.6) is 0 Å². The van der Waals surface area contributed by atoms with Crippen LogP contribution in [0.1, 0.15) is 39.0 Å². The van der Waals surface area contributed by atoms with E-state index in [0.29, 0.717) is 10.4 Å². The second-order valence-electron chi connectivity index (χ2n) is 3.34. The Labute approximate surface area is 120 Å². The van der Waals surface area contributed by atoms with Crippen molar-refractivity contribution in [2.75, 3.05) is 6.54 Å². The van der Waals surface area contributed by atoms with Gasteiger partial charge in [-0.15, -0.1) is 0 Å². The molecule has 1 saturated carbocycles. The molecule has 5 heteroatoms. The van der Waals surface area contributed by atoms with Gasteiger partial charge in [-0.25, -0.2) is 0 Å². The first kappa shape index (κ1) is 17.5. The van der Waals surface area contributed by atoms with Gasteiger partial charge in [0.2, 0.25) is 0 Å². The predicted molar refractivity (Wildman–Crippen MR) is 62.8 cm³/mol. The van der Waals surface area contributed by atoms with E-state index in [4.69, 9.17) is 24.8 Å². The molecule has 0 aromatic rings. The van der Waals surface area contributed by atoms with Crippen LogP contribution in [0.15, 0.2) is 0 Å². The van der Waals surface area contributed by atoms with Gasteiger partial charge in [-0.3, -0.25) is 0 Å². The standard InChI is InChI=1S/C9H17NS2.Na.H2O/c1-2-10(9(11)12)8-6-4-3-5-7-8;;/h8H,2-7H2,1H3,(H,11,12);;1H2/q;+1;/p-1. The van der Waals surface area contributed by atoms with Crippen molar-refractivity contribution in [3.05, 3.63) is 0 Å². The van der Waals surface area contributed by atoms with Crippen LogP contribution in [0.4, 0.5) is 0 Å². The Hall–Kier alpha value is 1.07. The van der Waals surface area contributed by atoms with Gasteiger partial charge in [0, 0.05) is 12.6 Å². The zero-order valence-electron chi connectivity index (χ0n) is 9.08. The van der Waals surface area contributed by atoms with Crippen LogP contribution in [-0.4, -0.2) is 27.3 Å². The summed E-state index contributed by atoms with van der Waals surface area (Å²) >= 11 is 10.1. The maximum atomic E-state index is 5.04. The van der Waals surface area contributed by atoms with Crippen LogP contribution in [0.25, 0.3) is 0 Å². The maximum Gasteiger partial charge on any atom is 1.00 e. The molecule has 0 aromatic heterocycles. The van der Waals surface area contributed by atoms with Gasteiger partial charge in [0.25, 0.3) is 0 Å². The third-order valence-electron chi connectivity index (χ3n) is 2.59. The molecule has 0 aromatic carbocycles. The van der Waals surface area contributed by atoms with Crippen molar-refractivity contribution >= 4 is 29.2 Å². The van der Waals surface area contributed by atoms with Crippen molar-refractivity contribution in [3.63, 3.8) is 0 Å². The van der Waals surface area contributed by atoms with Crippen LogP contribution in [0, 0.1) is 0 Å².